The molecule has 21 heavy (non-hydrogen) atoms. The summed E-state index contributed by atoms with van der Waals surface area (Å²) in [6.45, 7) is 1.52. The van der Waals surface area contributed by atoms with E-state index in [0.717, 1.165) is 35.9 Å². The van der Waals surface area contributed by atoms with Gasteiger partial charge in [-0.3, -0.25) is 0 Å². The van der Waals surface area contributed by atoms with Crippen LogP contribution in [0.3, 0.4) is 0 Å². The van der Waals surface area contributed by atoms with Crippen molar-refractivity contribution in [1.82, 2.24) is 0 Å². The smallest absolute Gasteiger partial charge is 0.162 e. The summed E-state index contributed by atoms with van der Waals surface area (Å²) in [6, 6.07) is 15.6. The Morgan fingerprint density at radius 2 is 1.67 bits per heavy atom. The van der Waals surface area contributed by atoms with Crippen molar-refractivity contribution >= 4 is 5.69 Å². The first kappa shape index (κ1) is 15.0. The Hall–Kier alpha value is -2.36. The minimum Gasteiger partial charge on any atom is -0.494 e. The van der Waals surface area contributed by atoms with Crippen molar-refractivity contribution in [3.05, 3.63) is 48.5 Å². The molecule has 0 aliphatic carbocycles. The zero-order chi connectivity index (χ0) is 14.9. The third kappa shape index (κ3) is 4.60. The van der Waals surface area contributed by atoms with Crippen LogP contribution in [0.2, 0.25) is 0 Å². The van der Waals surface area contributed by atoms with Crippen LogP contribution >= 0.6 is 0 Å². The molecule has 1 N–H and O–H groups in total. The second-order valence-corrected chi connectivity index (χ2v) is 4.51. The molecule has 0 saturated carbocycles. The second-order valence-electron chi connectivity index (χ2n) is 4.51. The monoisotopic (exact) mass is 287 g/mol. The Bertz CT molecular complexity index is 543. The van der Waals surface area contributed by atoms with E-state index in [-0.39, 0.29) is 0 Å². The number of benzene rings is 2. The van der Waals surface area contributed by atoms with Crippen molar-refractivity contribution in [2.75, 3.05) is 32.7 Å². The number of nitrogens with one attached hydrogen (secondary N) is 1. The summed E-state index contributed by atoms with van der Waals surface area (Å²) in [4.78, 5) is 0. The lowest BCUT2D eigenvalue weighted by Crippen LogP contribution is -2.07. The number of ether oxygens (including phenoxy) is 3. The fourth-order valence-electron chi connectivity index (χ4n) is 1.96. The SMILES string of the molecule is COc1ccc(NCCCOc2ccccc2)cc1OC. The highest BCUT2D eigenvalue weighted by Gasteiger charge is 2.03. The molecular formula is C17H21NO3. The third-order valence-electron chi connectivity index (χ3n) is 3.05. The van der Waals surface area contributed by atoms with Gasteiger partial charge in [0.15, 0.2) is 11.5 Å². The van der Waals surface area contributed by atoms with Gasteiger partial charge in [-0.05, 0) is 30.7 Å². The first-order valence-electron chi connectivity index (χ1n) is 6.97. The zero-order valence-corrected chi connectivity index (χ0v) is 12.5. The summed E-state index contributed by atoms with van der Waals surface area (Å²) < 4.78 is 16.1. The van der Waals surface area contributed by atoms with E-state index in [1.807, 2.05) is 48.5 Å². The highest BCUT2D eigenvalue weighted by molar-refractivity contribution is 5.54. The Morgan fingerprint density at radius 3 is 2.38 bits per heavy atom. The summed E-state index contributed by atoms with van der Waals surface area (Å²) in [6.07, 6.45) is 0.920. The molecule has 2 aromatic rings. The van der Waals surface area contributed by atoms with E-state index in [4.69, 9.17) is 14.2 Å². The van der Waals surface area contributed by atoms with Gasteiger partial charge in [0.2, 0.25) is 0 Å². The highest BCUT2D eigenvalue weighted by atomic mass is 16.5. The van der Waals surface area contributed by atoms with Crippen LogP contribution in [0.15, 0.2) is 48.5 Å². The minimum atomic E-state index is 0.685. The van der Waals surface area contributed by atoms with Crippen LogP contribution in [0.4, 0.5) is 5.69 Å². The number of anilines is 1. The fraction of sp³-hybridized carbons (Fsp3) is 0.294. The van der Waals surface area contributed by atoms with Gasteiger partial charge in [0.25, 0.3) is 0 Å². The third-order valence-corrected chi connectivity index (χ3v) is 3.05. The van der Waals surface area contributed by atoms with E-state index in [2.05, 4.69) is 5.32 Å². The summed E-state index contributed by atoms with van der Waals surface area (Å²) in [7, 11) is 3.27. The number of para-hydroxylation sites is 1. The average molecular weight is 287 g/mol. The quantitative estimate of drug-likeness (QED) is 0.753. The summed E-state index contributed by atoms with van der Waals surface area (Å²) in [5, 5.41) is 3.34. The maximum absolute atomic E-state index is 5.64. The van der Waals surface area contributed by atoms with Gasteiger partial charge in [0, 0.05) is 18.3 Å². The van der Waals surface area contributed by atoms with Gasteiger partial charge in [-0.1, -0.05) is 18.2 Å². The van der Waals surface area contributed by atoms with Crippen LogP contribution in [0, 0.1) is 0 Å². The van der Waals surface area contributed by atoms with Gasteiger partial charge >= 0.3 is 0 Å². The normalized spacial score (nSPS) is 10.0. The molecule has 0 amide bonds. The van der Waals surface area contributed by atoms with E-state index >= 15 is 0 Å². The summed E-state index contributed by atoms with van der Waals surface area (Å²) >= 11 is 0. The van der Waals surface area contributed by atoms with Crippen LogP contribution < -0.4 is 19.5 Å². The van der Waals surface area contributed by atoms with Gasteiger partial charge in [-0.2, -0.15) is 0 Å². The van der Waals surface area contributed by atoms with Crippen molar-refractivity contribution in [1.29, 1.82) is 0 Å². The Kier molecular flexibility index (Phi) is 5.76. The van der Waals surface area contributed by atoms with Crippen molar-refractivity contribution in [3.63, 3.8) is 0 Å². The maximum Gasteiger partial charge on any atom is 0.162 e. The van der Waals surface area contributed by atoms with E-state index in [0.29, 0.717) is 6.61 Å². The Balaban J connectivity index is 1.73. The second kappa shape index (κ2) is 8.04. The molecule has 0 unspecified atom stereocenters. The van der Waals surface area contributed by atoms with Gasteiger partial charge < -0.3 is 19.5 Å². The first-order chi connectivity index (χ1) is 10.3. The van der Waals surface area contributed by atoms with Crippen molar-refractivity contribution in [2.24, 2.45) is 0 Å². The van der Waals surface area contributed by atoms with E-state index in [1.54, 1.807) is 14.2 Å². The lowest BCUT2D eigenvalue weighted by atomic mass is 10.2. The number of hydrogen-bond donors (Lipinski definition) is 1. The van der Waals surface area contributed by atoms with E-state index < -0.39 is 0 Å². The topological polar surface area (TPSA) is 39.7 Å². The Morgan fingerprint density at radius 1 is 0.905 bits per heavy atom. The van der Waals surface area contributed by atoms with Crippen molar-refractivity contribution in [3.8, 4) is 17.2 Å². The number of methoxy groups -OCH3 is 2. The van der Waals surface area contributed by atoms with Crippen LogP contribution in [-0.2, 0) is 0 Å². The molecule has 0 spiro atoms. The zero-order valence-electron chi connectivity index (χ0n) is 12.5. The number of hydrogen-bond acceptors (Lipinski definition) is 4. The molecule has 4 nitrogen and oxygen atoms in total. The maximum atomic E-state index is 5.64. The molecule has 0 aliphatic rings. The Labute approximate surface area is 125 Å². The fourth-order valence-corrected chi connectivity index (χ4v) is 1.96. The first-order valence-corrected chi connectivity index (χ1v) is 6.97. The van der Waals surface area contributed by atoms with Gasteiger partial charge in [-0.25, -0.2) is 0 Å². The molecule has 2 aromatic carbocycles. The predicted octanol–water partition coefficient (Wildman–Crippen LogP) is 3.58. The van der Waals surface area contributed by atoms with Crippen LogP contribution in [0.5, 0.6) is 17.2 Å². The average Bonchev–Trinajstić information content (AvgIpc) is 2.55. The molecule has 0 radical (unpaired) electrons. The molecule has 2 rings (SSSR count). The molecule has 0 heterocycles. The molecule has 4 heteroatoms. The van der Waals surface area contributed by atoms with Crippen molar-refractivity contribution < 1.29 is 14.2 Å². The standard InChI is InChI=1S/C17H21NO3/c1-19-16-10-9-14(13-17(16)20-2)18-11-6-12-21-15-7-4-3-5-8-15/h3-5,7-10,13,18H,6,11-12H2,1-2H3. The summed E-state index contributed by atoms with van der Waals surface area (Å²) in [5.74, 6) is 2.36. The lowest BCUT2D eigenvalue weighted by Gasteiger charge is -2.11. The molecule has 0 aliphatic heterocycles. The molecule has 0 atom stereocenters. The lowest BCUT2D eigenvalue weighted by molar-refractivity contribution is 0.315. The molecule has 0 saturated heterocycles. The highest BCUT2D eigenvalue weighted by Crippen LogP contribution is 2.29. The molecule has 0 fully saturated rings. The van der Waals surface area contributed by atoms with E-state index in [9.17, 15) is 0 Å². The van der Waals surface area contributed by atoms with Gasteiger partial charge in [-0.15, -0.1) is 0 Å². The van der Waals surface area contributed by atoms with Crippen LogP contribution in [0.25, 0.3) is 0 Å². The predicted molar refractivity (Wildman–Crippen MR) is 84.6 cm³/mol. The van der Waals surface area contributed by atoms with E-state index in [1.165, 1.54) is 0 Å². The summed E-state index contributed by atoms with van der Waals surface area (Å²) in [5.41, 5.74) is 1.01. The molecule has 112 valence electrons. The van der Waals surface area contributed by atoms with Gasteiger partial charge in [0.05, 0.1) is 20.8 Å². The number of rotatable bonds is 8. The molecular weight excluding hydrogens is 266 g/mol. The van der Waals surface area contributed by atoms with Gasteiger partial charge in [0.1, 0.15) is 5.75 Å². The minimum absolute atomic E-state index is 0.685. The molecule has 0 aromatic heterocycles. The van der Waals surface area contributed by atoms with Crippen molar-refractivity contribution in [2.45, 2.75) is 6.42 Å². The van der Waals surface area contributed by atoms with Crippen LogP contribution in [-0.4, -0.2) is 27.4 Å². The largest absolute Gasteiger partial charge is 0.494 e. The molecule has 0 bridgehead atoms. The van der Waals surface area contributed by atoms with Crippen LogP contribution in [0.1, 0.15) is 6.42 Å².